The zero-order chi connectivity index (χ0) is 18.1. The Morgan fingerprint density at radius 2 is 1.88 bits per heavy atom. The number of phenols is 1. The monoisotopic (exact) mass is 336 g/mol. The number of phenolic OH excluding ortho intramolecular Hbond substituents is 1. The van der Waals surface area contributed by atoms with Crippen molar-refractivity contribution in [2.45, 2.75) is 26.2 Å². The van der Waals surface area contributed by atoms with Gasteiger partial charge in [-0.25, -0.2) is 0 Å². The number of carbonyl (C=O) groups is 1. The second kappa shape index (κ2) is 9.48. The van der Waals surface area contributed by atoms with Gasteiger partial charge in [0.05, 0.1) is 5.56 Å². The van der Waals surface area contributed by atoms with Crippen molar-refractivity contribution in [2.24, 2.45) is 0 Å². The summed E-state index contributed by atoms with van der Waals surface area (Å²) in [6.07, 6.45) is 9.03. The molecular formula is C22H24O3. The van der Waals surface area contributed by atoms with Gasteiger partial charge in [-0.2, -0.15) is 0 Å². The van der Waals surface area contributed by atoms with Crippen LogP contribution < -0.4 is 4.74 Å². The maximum absolute atomic E-state index is 12.5. The molecule has 3 nitrogen and oxygen atoms in total. The second-order valence-electron chi connectivity index (χ2n) is 5.78. The first kappa shape index (κ1) is 18.5. The summed E-state index contributed by atoms with van der Waals surface area (Å²) in [5, 5.41) is 10.4. The third kappa shape index (κ3) is 5.08. The molecule has 3 heteroatoms. The van der Waals surface area contributed by atoms with Crippen LogP contribution in [0, 0.1) is 6.92 Å². The van der Waals surface area contributed by atoms with Gasteiger partial charge < -0.3 is 9.84 Å². The highest BCUT2D eigenvalue weighted by Gasteiger charge is 2.17. The molecule has 0 unspecified atom stereocenters. The molecule has 0 aliphatic heterocycles. The van der Waals surface area contributed by atoms with E-state index in [-0.39, 0.29) is 17.1 Å². The minimum atomic E-state index is -0.199. The zero-order valence-electron chi connectivity index (χ0n) is 14.6. The van der Waals surface area contributed by atoms with Crippen LogP contribution in [0.4, 0.5) is 0 Å². The third-order valence-corrected chi connectivity index (χ3v) is 3.94. The van der Waals surface area contributed by atoms with E-state index < -0.39 is 0 Å². The molecular weight excluding hydrogens is 312 g/mol. The van der Waals surface area contributed by atoms with Gasteiger partial charge in [0.25, 0.3) is 0 Å². The molecule has 0 heterocycles. The van der Waals surface area contributed by atoms with E-state index in [1.54, 1.807) is 43.3 Å². The number of benzene rings is 2. The molecule has 0 amide bonds. The molecule has 0 spiro atoms. The van der Waals surface area contributed by atoms with Gasteiger partial charge in [-0.1, -0.05) is 48.6 Å². The van der Waals surface area contributed by atoms with E-state index in [9.17, 15) is 9.90 Å². The Balaban J connectivity index is 2.02. The summed E-state index contributed by atoms with van der Waals surface area (Å²) in [7, 11) is 0. The quantitative estimate of drug-likeness (QED) is 0.388. The first-order valence-corrected chi connectivity index (χ1v) is 8.46. The average molecular weight is 336 g/mol. The van der Waals surface area contributed by atoms with Gasteiger partial charge in [0.15, 0.2) is 5.78 Å². The SMILES string of the molecule is C=CCCCC=CCOc1ccc(C(=O)c2ccccc2)c(O)c1C. The van der Waals surface area contributed by atoms with E-state index in [0.29, 0.717) is 23.5 Å². The van der Waals surface area contributed by atoms with Crippen LogP contribution in [0.15, 0.2) is 67.3 Å². The summed E-state index contributed by atoms with van der Waals surface area (Å²) in [5.41, 5.74) is 1.41. The van der Waals surface area contributed by atoms with E-state index in [1.165, 1.54) is 0 Å². The number of hydrogen-bond acceptors (Lipinski definition) is 3. The van der Waals surface area contributed by atoms with E-state index >= 15 is 0 Å². The van der Waals surface area contributed by atoms with Gasteiger partial charge in [-0.3, -0.25) is 4.79 Å². The highest BCUT2D eigenvalue weighted by molar-refractivity contribution is 6.11. The first-order valence-electron chi connectivity index (χ1n) is 8.46. The molecule has 0 saturated heterocycles. The van der Waals surface area contributed by atoms with Crippen LogP contribution in [-0.2, 0) is 0 Å². The molecule has 25 heavy (non-hydrogen) atoms. The Hall–Kier alpha value is -2.81. The van der Waals surface area contributed by atoms with Crippen molar-refractivity contribution in [1.29, 1.82) is 0 Å². The molecule has 0 atom stereocenters. The minimum absolute atomic E-state index is 0.0266. The van der Waals surface area contributed by atoms with Gasteiger partial charge in [0.1, 0.15) is 18.1 Å². The minimum Gasteiger partial charge on any atom is -0.507 e. The van der Waals surface area contributed by atoms with Gasteiger partial charge in [-0.15, -0.1) is 6.58 Å². The van der Waals surface area contributed by atoms with Crippen LogP contribution in [0.2, 0.25) is 0 Å². The van der Waals surface area contributed by atoms with Crippen LogP contribution in [0.5, 0.6) is 11.5 Å². The van der Waals surface area contributed by atoms with Crippen LogP contribution in [-0.4, -0.2) is 17.5 Å². The second-order valence-corrected chi connectivity index (χ2v) is 5.78. The van der Waals surface area contributed by atoms with E-state index in [1.807, 2.05) is 18.2 Å². The zero-order valence-corrected chi connectivity index (χ0v) is 14.6. The van der Waals surface area contributed by atoms with Crippen LogP contribution in [0.3, 0.4) is 0 Å². The molecule has 2 aromatic rings. The Bertz CT molecular complexity index is 745. The predicted molar refractivity (Wildman–Crippen MR) is 101 cm³/mol. The van der Waals surface area contributed by atoms with Crippen molar-refractivity contribution in [3.05, 3.63) is 84.0 Å². The van der Waals surface area contributed by atoms with E-state index in [2.05, 4.69) is 12.7 Å². The fourth-order valence-corrected chi connectivity index (χ4v) is 2.47. The highest BCUT2D eigenvalue weighted by Crippen LogP contribution is 2.31. The maximum atomic E-state index is 12.5. The fraction of sp³-hybridized carbons (Fsp3) is 0.227. The summed E-state index contributed by atoms with van der Waals surface area (Å²) >= 11 is 0. The van der Waals surface area contributed by atoms with Crippen LogP contribution in [0.1, 0.15) is 40.7 Å². The summed E-state index contributed by atoms with van der Waals surface area (Å²) in [6, 6.07) is 12.3. The average Bonchev–Trinajstić information content (AvgIpc) is 2.64. The molecule has 0 bridgehead atoms. The molecule has 0 aliphatic rings. The largest absolute Gasteiger partial charge is 0.507 e. The van der Waals surface area contributed by atoms with Crippen molar-refractivity contribution in [2.75, 3.05) is 6.61 Å². The Morgan fingerprint density at radius 1 is 1.12 bits per heavy atom. The fourth-order valence-electron chi connectivity index (χ4n) is 2.47. The van der Waals surface area contributed by atoms with Crippen molar-refractivity contribution < 1.29 is 14.6 Å². The summed E-state index contributed by atoms with van der Waals surface area (Å²) in [6.45, 7) is 5.88. The lowest BCUT2D eigenvalue weighted by Crippen LogP contribution is -2.04. The molecule has 0 saturated carbocycles. The number of carbonyl (C=O) groups excluding carboxylic acids is 1. The summed E-state index contributed by atoms with van der Waals surface area (Å²) in [4.78, 5) is 12.5. The molecule has 1 N–H and O–H groups in total. The normalized spacial score (nSPS) is 10.8. The van der Waals surface area contributed by atoms with Gasteiger partial charge in [0, 0.05) is 11.1 Å². The number of ketones is 1. The molecule has 0 aliphatic carbocycles. The Kier molecular flexibility index (Phi) is 7.02. The third-order valence-electron chi connectivity index (χ3n) is 3.94. The standard InChI is InChI=1S/C22H24O3/c1-3-4-5-6-7-11-16-25-20-15-14-19(21(23)17(20)2)22(24)18-12-9-8-10-13-18/h3,7-15,23H,1,4-6,16H2,2H3. The smallest absolute Gasteiger partial charge is 0.196 e. The Morgan fingerprint density at radius 3 is 2.60 bits per heavy atom. The number of allylic oxidation sites excluding steroid dienone is 2. The lowest BCUT2D eigenvalue weighted by molar-refractivity contribution is 0.103. The van der Waals surface area contributed by atoms with Crippen molar-refractivity contribution >= 4 is 5.78 Å². The number of aromatic hydroxyl groups is 1. The van der Waals surface area contributed by atoms with E-state index in [4.69, 9.17) is 4.74 Å². The maximum Gasteiger partial charge on any atom is 0.196 e. The topological polar surface area (TPSA) is 46.5 Å². The summed E-state index contributed by atoms with van der Waals surface area (Å²) < 4.78 is 5.69. The molecule has 130 valence electrons. The molecule has 0 radical (unpaired) electrons. The van der Waals surface area contributed by atoms with Crippen molar-refractivity contribution in [3.63, 3.8) is 0 Å². The van der Waals surface area contributed by atoms with Crippen molar-refractivity contribution in [1.82, 2.24) is 0 Å². The van der Waals surface area contributed by atoms with E-state index in [0.717, 1.165) is 19.3 Å². The molecule has 2 rings (SSSR count). The number of rotatable bonds is 9. The van der Waals surface area contributed by atoms with Gasteiger partial charge in [0.2, 0.25) is 0 Å². The van der Waals surface area contributed by atoms with Crippen molar-refractivity contribution in [3.8, 4) is 11.5 Å². The molecule has 0 fully saturated rings. The highest BCUT2D eigenvalue weighted by atomic mass is 16.5. The number of hydrogen-bond donors (Lipinski definition) is 1. The molecule has 2 aromatic carbocycles. The van der Waals surface area contributed by atoms with Crippen LogP contribution >= 0.6 is 0 Å². The first-order chi connectivity index (χ1) is 12.1. The predicted octanol–water partition coefficient (Wildman–Crippen LogP) is 5.22. The molecule has 0 aromatic heterocycles. The number of ether oxygens (including phenoxy) is 1. The summed E-state index contributed by atoms with van der Waals surface area (Å²) in [5.74, 6) is 0.356. The Labute approximate surface area is 149 Å². The lowest BCUT2D eigenvalue weighted by Gasteiger charge is -2.12. The van der Waals surface area contributed by atoms with Gasteiger partial charge >= 0.3 is 0 Å². The van der Waals surface area contributed by atoms with Gasteiger partial charge in [-0.05, 0) is 38.3 Å². The van der Waals surface area contributed by atoms with Crippen LogP contribution in [0.25, 0.3) is 0 Å². The number of unbranched alkanes of at least 4 members (excludes halogenated alkanes) is 2. The lowest BCUT2D eigenvalue weighted by atomic mass is 10.00.